The Morgan fingerprint density at radius 2 is 2.22 bits per heavy atom. The summed E-state index contributed by atoms with van der Waals surface area (Å²) in [6, 6.07) is 5.64. The first-order valence-corrected chi connectivity index (χ1v) is 8.78. The topological polar surface area (TPSA) is 62.5 Å². The van der Waals surface area contributed by atoms with E-state index in [4.69, 9.17) is 0 Å². The Labute approximate surface area is 148 Å². The Balaban J connectivity index is 2.09. The molecule has 0 unspecified atom stereocenters. The van der Waals surface area contributed by atoms with Gasteiger partial charge in [-0.3, -0.25) is 4.79 Å². The zero-order chi connectivity index (χ0) is 16.6. The van der Waals surface area contributed by atoms with Crippen LogP contribution in [0.15, 0.2) is 29.2 Å². The number of hydrogen-bond donors (Lipinski definition) is 1. The van der Waals surface area contributed by atoms with Gasteiger partial charge in [0.25, 0.3) is 0 Å². The van der Waals surface area contributed by atoms with Crippen molar-refractivity contribution in [3.8, 4) is 0 Å². The van der Waals surface area contributed by atoms with E-state index < -0.39 is 11.4 Å². The number of carboxylic acid groups (broad SMARTS) is 1. The van der Waals surface area contributed by atoms with Gasteiger partial charge in [0.1, 0.15) is 5.56 Å². The molecule has 1 N–H and O–H groups in total. The highest BCUT2D eigenvalue weighted by Gasteiger charge is 2.20. The van der Waals surface area contributed by atoms with Gasteiger partial charge in [0, 0.05) is 28.2 Å². The van der Waals surface area contributed by atoms with Gasteiger partial charge in [-0.15, -0.1) is 0 Å². The van der Waals surface area contributed by atoms with Crippen LogP contribution >= 0.6 is 22.6 Å². The van der Waals surface area contributed by atoms with E-state index in [1.54, 1.807) is 6.07 Å². The highest BCUT2D eigenvalue weighted by molar-refractivity contribution is 14.1. The number of aromatic nitrogens is 1. The molecule has 1 atom stereocenters. The van der Waals surface area contributed by atoms with Crippen LogP contribution in [0.2, 0.25) is 0 Å². The number of halogens is 1. The number of carbonyl (C=O) groups is 1. The Morgan fingerprint density at radius 1 is 1.43 bits per heavy atom. The third-order valence-corrected chi connectivity index (χ3v) is 5.12. The quantitative estimate of drug-likeness (QED) is 0.767. The summed E-state index contributed by atoms with van der Waals surface area (Å²) in [5.74, 6) is -0.689. The lowest BCUT2D eigenvalue weighted by Gasteiger charge is -2.30. The summed E-state index contributed by atoms with van der Waals surface area (Å²) in [5.41, 5.74) is 0.264. The second-order valence-corrected chi connectivity index (χ2v) is 7.51. The molecule has 0 saturated carbocycles. The monoisotopic (exact) mass is 426 g/mol. The molecule has 3 rings (SSSR count). The summed E-state index contributed by atoms with van der Waals surface area (Å²) in [6.07, 6.45) is 3.79. The van der Waals surface area contributed by atoms with Gasteiger partial charge in [0.05, 0.1) is 5.52 Å². The molecule has 1 saturated heterocycles. The van der Waals surface area contributed by atoms with E-state index >= 15 is 0 Å². The molecular weight excluding hydrogens is 407 g/mol. The van der Waals surface area contributed by atoms with Gasteiger partial charge in [-0.25, -0.2) is 4.79 Å². The lowest BCUT2D eigenvalue weighted by Crippen LogP contribution is -2.34. The standard InChI is InChI=1S/C17H19IN2O3/c1-19-6-2-3-11(8-19)9-20-10-14(17(22)23)16(21)13-7-12(18)4-5-15(13)20/h4-5,7,10-11H,2-3,6,8-9H2,1H3,(H,22,23)/t11-/m1/s1. The maximum atomic E-state index is 12.4. The largest absolute Gasteiger partial charge is 0.477 e. The molecule has 2 aromatic rings. The minimum atomic E-state index is -1.16. The Kier molecular flexibility index (Phi) is 4.72. The fourth-order valence-electron chi connectivity index (χ4n) is 3.37. The normalized spacial score (nSPS) is 19.1. The van der Waals surface area contributed by atoms with Gasteiger partial charge in [-0.1, -0.05) is 0 Å². The van der Waals surface area contributed by atoms with Gasteiger partial charge in [-0.2, -0.15) is 0 Å². The number of hydrogen-bond acceptors (Lipinski definition) is 3. The lowest BCUT2D eigenvalue weighted by atomic mass is 9.98. The maximum Gasteiger partial charge on any atom is 0.341 e. The maximum absolute atomic E-state index is 12.4. The van der Waals surface area contributed by atoms with Crippen LogP contribution in [0.1, 0.15) is 23.2 Å². The Morgan fingerprint density at radius 3 is 2.91 bits per heavy atom. The highest BCUT2D eigenvalue weighted by atomic mass is 127. The van der Waals surface area contributed by atoms with Gasteiger partial charge in [-0.05, 0) is 73.1 Å². The van der Waals surface area contributed by atoms with E-state index in [2.05, 4.69) is 34.5 Å². The molecule has 0 bridgehead atoms. The van der Waals surface area contributed by atoms with Crippen LogP contribution in [0.5, 0.6) is 0 Å². The lowest BCUT2D eigenvalue weighted by molar-refractivity contribution is 0.0694. The van der Waals surface area contributed by atoms with Crippen molar-refractivity contribution in [2.45, 2.75) is 19.4 Å². The zero-order valence-electron chi connectivity index (χ0n) is 13.0. The van der Waals surface area contributed by atoms with Crippen LogP contribution < -0.4 is 5.43 Å². The number of likely N-dealkylation sites (tertiary alicyclic amines) is 1. The Bertz CT molecular complexity index is 815. The minimum absolute atomic E-state index is 0.149. The molecule has 1 fully saturated rings. The van der Waals surface area contributed by atoms with E-state index in [9.17, 15) is 14.7 Å². The number of piperidine rings is 1. The zero-order valence-corrected chi connectivity index (χ0v) is 15.1. The SMILES string of the molecule is CN1CCC[C@@H](Cn2cc(C(=O)O)c(=O)c3cc(I)ccc32)C1. The van der Waals surface area contributed by atoms with Crippen molar-refractivity contribution in [2.24, 2.45) is 5.92 Å². The number of fused-ring (bicyclic) bond motifs is 1. The second-order valence-electron chi connectivity index (χ2n) is 6.26. The molecule has 6 heteroatoms. The number of carboxylic acids is 1. The number of aromatic carboxylic acids is 1. The van der Waals surface area contributed by atoms with Gasteiger partial charge < -0.3 is 14.6 Å². The molecule has 1 aromatic heterocycles. The van der Waals surface area contributed by atoms with Crippen molar-refractivity contribution in [3.05, 3.63) is 43.8 Å². The Hall–Kier alpha value is -1.41. The first-order valence-electron chi connectivity index (χ1n) is 7.70. The molecule has 2 heterocycles. The molecule has 5 nitrogen and oxygen atoms in total. The molecule has 0 aliphatic carbocycles. The number of pyridine rings is 1. The average Bonchev–Trinajstić information content (AvgIpc) is 2.50. The van der Waals surface area contributed by atoms with Crippen LogP contribution in [0.25, 0.3) is 10.9 Å². The third-order valence-electron chi connectivity index (χ3n) is 4.45. The number of nitrogens with zero attached hydrogens (tertiary/aromatic N) is 2. The number of rotatable bonds is 3. The molecule has 1 aromatic carbocycles. The van der Waals surface area contributed by atoms with Crippen molar-refractivity contribution in [3.63, 3.8) is 0 Å². The highest BCUT2D eigenvalue weighted by Crippen LogP contribution is 2.21. The van der Waals surface area contributed by atoms with E-state index in [0.29, 0.717) is 11.3 Å². The van der Waals surface area contributed by atoms with E-state index in [0.717, 1.165) is 41.6 Å². The first-order chi connectivity index (χ1) is 11.0. The summed E-state index contributed by atoms with van der Waals surface area (Å²) in [7, 11) is 2.11. The van der Waals surface area contributed by atoms with Gasteiger partial charge >= 0.3 is 5.97 Å². The first kappa shape index (κ1) is 16.4. The average molecular weight is 426 g/mol. The van der Waals surface area contributed by atoms with Crippen molar-refractivity contribution >= 4 is 39.5 Å². The summed E-state index contributed by atoms with van der Waals surface area (Å²) < 4.78 is 2.87. The summed E-state index contributed by atoms with van der Waals surface area (Å²) >= 11 is 2.14. The van der Waals surface area contributed by atoms with Crippen LogP contribution in [-0.4, -0.2) is 40.7 Å². The summed E-state index contributed by atoms with van der Waals surface area (Å²) in [6.45, 7) is 2.85. The van der Waals surface area contributed by atoms with E-state index in [1.807, 2.05) is 16.7 Å². The molecule has 0 amide bonds. The smallest absolute Gasteiger partial charge is 0.341 e. The second kappa shape index (κ2) is 6.60. The summed E-state index contributed by atoms with van der Waals surface area (Å²) in [4.78, 5) is 26.1. The molecule has 1 aliphatic rings. The van der Waals surface area contributed by atoms with Crippen molar-refractivity contribution in [1.82, 2.24) is 9.47 Å². The molecule has 23 heavy (non-hydrogen) atoms. The summed E-state index contributed by atoms with van der Waals surface area (Å²) in [5, 5.41) is 9.83. The fourth-order valence-corrected chi connectivity index (χ4v) is 3.86. The fraction of sp³-hybridized carbons (Fsp3) is 0.412. The predicted molar refractivity (Wildman–Crippen MR) is 98.1 cm³/mol. The third kappa shape index (κ3) is 3.42. The van der Waals surface area contributed by atoms with Crippen LogP contribution in [0, 0.1) is 9.49 Å². The van der Waals surface area contributed by atoms with Gasteiger partial charge in [0.2, 0.25) is 5.43 Å². The van der Waals surface area contributed by atoms with E-state index in [-0.39, 0.29) is 5.56 Å². The molecule has 1 aliphatic heterocycles. The van der Waals surface area contributed by atoms with Crippen molar-refractivity contribution in [1.29, 1.82) is 0 Å². The minimum Gasteiger partial charge on any atom is -0.477 e. The molecule has 0 radical (unpaired) electrons. The number of benzene rings is 1. The van der Waals surface area contributed by atoms with Crippen LogP contribution in [0.3, 0.4) is 0 Å². The molecular formula is C17H19IN2O3. The van der Waals surface area contributed by atoms with Crippen LogP contribution in [-0.2, 0) is 6.54 Å². The molecule has 122 valence electrons. The van der Waals surface area contributed by atoms with Crippen molar-refractivity contribution < 1.29 is 9.90 Å². The van der Waals surface area contributed by atoms with Crippen molar-refractivity contribution in [2.75, 3.05) is 20.1 Å². The van der Waals surface area contributed by atoms with Crippen LogP contribution in [0.4, 0.5) is 0 Å². The van der Waals surface area contributed by atoms with Gasteiger partial charge in [0.15, 0.2) is 0 Å². The predicted octanol–water partition coefficient (Wildman–Crippen LogP) is 2.65. The molecule has 0 spiro atoms. The van der Waals surface area contributed by atoms with E-state index in [1.165, 1.54) is 6.20 Å².